The van der Waals surface area contributed by atoms with E-state index in [4.69, 9.17) is 10.5 Å². The highest BCUT2D eigenvalue weighted by Crippen LogP contribution is 2.36. The Morgan fingerprint density at radius 2 is 1.74 bits per heavy atom. The number of ether oxygens (including phenoxy) is 1. The first-order valence-electron chi connectivity index (χ1n) is 19.9. The first-order chi connectivity index (χ1) is 28.0. The Kier molecular flexibility index (Phi) is 11.0. The molecule has 2 aromatic carbocycles. The average molecular weight is 800 g/mol. The van der Waals surface area contributed by atoms with Crippen molar-refractivity contribution in [1.29, 1.82) is 0 Å². The Morgan fingerprint density at radius 3 is 2.47 bits per heavy atom. The number of hydrogen-bond acceptors (Lipinski definition) is 13. The molecule has 19 heteroatoms. The van der Waals surface area contributed by atoms with Crippen LogP contribution in [0.25, 0.3) is 0 Å². The molecule has 2 unspecified atom stereocenters. The third-order valence-corrected chi connectivity index (χ3v) is 11.9. The highest BCUT2D eigenvalue weighted by Gasteiger charge is 2.35. The molecule has 18 nitrogen and oxygen atoms in total. The summed E-state index contributed by atoms with van der Waals surface area (Å²) in [6, 6.07) is 10.3. The zero-order chi connectivity index (χ0) is 40.5. The summed E-state index contributed by atoms with van der Waals surface area (Å²) in [7, 11) is 3.37. The summed E-state index contributed by atoms with van der Waals surface area (Å²) in [6.07, 6.45) is 2.97. The number of primary amides is 1. The van der Waals surface area contributed by atoms with Crippen LogP contribution < -0.4 is 40.7 Å². The number of urea groups is 2. The smallest absolute Gasteiger partial charge is 0.328 e. The lowest BCUT2D eigenvalue weighted by molar-refractivity contribution is -0.120. The molecule has 1 aromatic heterocycles. The second-order valence-corrected chi connectivity index (χ2v) is 15.6. The van der Waals surface area contributed by atoms with Crippen molar-refractivity contribution in [3.05, 3.63) is 47.9 Å². The minimum atomic E-state index is -0.811. The molecule has 8 rings (SSSR count). The van der Waals surface area contributed by atoms with Gasteiger partial charge in [-0.25, -0.2) is 14.0 Å². The number of aromatic nitrogens is 3. The number of carbonyl (C=O) groups is 4. The molecule has 6 heterocycles. The lowest BCUT2D eigenvalue weighted by Gasteiger charge is -2.37. The van der Waals surface area contributed by atoms with Gasteiger partial charge in [-0.2, -0.15) is 4.98 Å². The molecule has 0 radical (unpaired) electrons. The van der Waals surface area contributed by atoms with E-state index in [0.717, 1.165) is 57.7 Å². The fraction of sp³-hybridized carbons (Fsp3) is 0.513. The van der Waals surface area contributed by atoms with E-state index in [-0.39, 0.29) is 35.9 Å². The molecular weight excluding hydrogens is 750 g/mol. The van der Waals surface area contributed by atoms with Gasteiger partial charge >= 0.3 is 12.1 Å². The van der Waals surface area contributed by atoms with E-state index in [0.29, 0.717) is 80.5 Å². The Bertz CT molecular complexity index is 2070. The molecule has 5 aliphatic heterocycles. The van der Waals surface area contributed by atoms with Gasteiger partial charge in [0.15, 0.2) is 11.5 Å². The van der Waals surface area contributed by atoms with Crippen molar-refractivity contribution in [1.82, 2.24) is 35.2 Å². The maximum atomic E-state index is 15.7. The fourth-order valence-corrected chi connectivity index (χ4v) is 8.71. The molecule has 0 spiro atoms. The van der Waals surface area contributed by atoms with Crippen LogP contribution in [0, 0.1) is 11.7 Å². The monoisotopic (exact) mass is 799 g/mol. The van der Waals surface area contributed by atoms with E-state index in [1.165, 1.54) is 6.07 Å². The molecule has 0 saturated carbocycles. The number of likely N-dealkylation sites (N-methyl/N-ethyl adjacent to an activating group) is 1. The number of hydrogen-bond donors (Lipinski definition) is 3. The molecule has 0 aliphatic carbocycles. The minimum absolute atomic E-state index is 0.00568. The van der Waals surface area contributed by atoms with Crippen LogP contribution in [0.3, 0.4) is 0 Å². The van der Waals surface area contributed by atoms with Crippen LogP contribution >= 0.6 is 0 Å². The molecule has 4 N–H and O–H groups in total. The first-order valence-corrected chi connectivity index (χ1v) is 19.9. The Hall–Kier alpha value is -5.98. The number of benzene rings is 2. The van der Waals surface area contributed by atoms with Crippen molar-refractivity contribution in [2.24, 2.45) is 11.7 Å². The third-order valence-electron chi connectivity index (χ3n) is 11.9. The number of anilines is 6. The van der Waals surface area contributed by atoms with Gasteiger partial charge in [0.05, 0.1) is 24.5 Å². The molecule has 3 aromatic rings. The number of piperazine rings is 1. The van der Waals surface area contributed by atoms with Crippen molar-refractivity contribution < 1.29 is 28.3 Å². The quantitative estimate of drug-likeness (QED) is 0.257. The van der Waals surface area contributed by atoms with Crippen molar-refractivity contribution in [3.63, 3.8) is 0 Å². The van der Waals surface area contributed by atoms with Gasteiger partial charge in [0, 0.05) is 103 Å². The van der Waals surface area contributed by atoms with Crippen LogP contribution in [0.5, 0.6) is 5.75 Å². The largest absolute Gasteiger partial charge is 0.495 e. The van der Waals surface area contributed by atoms with E-state index < -0.39 is 17.8 Å². The summed E-state index contributed by atoms with van der Waals surface area (Å²) >= 11 is 0. The zero-order valence-electron chi connectivity index (χ0n) is 32.9. The summed E-state index contributed by atoms with van der Waals surface area (Å²) < 4.78 is 21.3. The highest BCUT2D eigenvalue weighted by atomic mass is 19.1. The molecule has 58 heavy (non-hydrogen) atoms. The number of piperidine rings is 1. The maximum Gasteiger partial charge on any atom is 0.328 e. The van der Waals surface area contributed by atoms with Crippen LogP contribution in [0.2, 0.25) is 0 Å². The van der Waals surface area contributed by atoms with Gasteiger partial charge in [-0.15, -0.1) is 10.2 Å². The van der Waals surface area contributed by atoms with Crippen molar-refractivity contribution in [2.45, 2.75) is 31.7 Å². The number of imide groups is 1. The number of rotatable bonds is 11. The summed E-state index contributed by atoms with van der Waals surface area (Å²) in [5.41, 5.74) is 8.01. The number of nitrogens with zero attached hydrogens (tertiary/aromatic N) is 10. The Morgan fingerprint density at radius 1 is 0.914 bits per heavy atom. The van der Waals surface area contributed by atoms with E-state index in [1.807, 2.05) is 28.0 Å². The van der Waals surface area contributed by atoms with Gasteiger partial charge in [0.2, 0.25) is 11.9 Å². The molecule has 5 saturated heterocycles. The van der Waals surface area contributed by atoms with Gasteiger partial charge in [-0.3, -0.25) is 24.7 Å². The minimum Gasteiger partial charge on any atom is -0.495 e. The summed E-state index contributed by atoms with van der Waals surface area (Å²) in [5.74, 6) is -0.0822. The van der Waals surface area contributed by atoms with Crippen molar-refractivity contribution in [3.8, 4) is 5.75 Å². The molecule has 2 atom stereocenters. The summed E-state index contributed by atoms with van der Waals surface area (Å²) in [4.78, 5) is 67.8. The first kappa shape index (κ1) is 38.9. The van der Waals surface area contributed by atoms with Gasteiger partial charge in [-0.1, -0.05) is 0 Å². The number of carbonyl (C=O) groups excluding carboxylic acids is 4. The molecule has 5 aliphatic rings. The molecule has 0 bridgehead atoms. The lowest BCUT2D eigenvalue weighted by atomic mass is 10.0. The summed E-state index contributed by atoms with van der Waals surface area (Å²) in [5, 5.41) is 13.7. The van der Waals surface area contributed by atoms with Gasteiger partial charge < -0.3 is 40.3 Å². The predicted octanol–water partition coefficient (Wildman–Crippen LogP) is 2.29. The van der Waals surface area contributed by atoms with Crippen LogP contribution in [0.15, 0.2) is 36.4 Å². The van der Waals surface area contributed by atoms with Gasteiger partial charge in [0.25, 0.3) is 5.91 Å². The fourth-order valence-electron chi connectivity index (χ4n) is 8.71. The van der Waals surface area contributed by atoms with Gasteiger partial charge in [0.1, 0.15) is 11.6 Å². The Labute approximate surface area is 336 Å². The van der Waals surface area contributed by atoms with Crippen LogP contribution in [-0.4, -0.2) is 152 Å². The Balaban J connectivity index is 0.860. The van der Waals surface area contributed by atoms with Crippen molar-refractivity contribution >= 4 is 58.4 Å². The van der Waals surface area contributed by atoms with E-state index in [2.05, 4.69) is 40.5 Å². The van der Waals surface area contributed by atoms with E-state index in [1.54, 1.807) is 36.1 Å². The molecule has 308 valence electrons. The van der Waals surface area contributed by atoms with Crippen LogP contribution in [-0.2, 0) is 4.79 Å². The van der Waals surface area contributed by atoms with Crippen molar-refractivity contribution in [2.75, 3.05) is 118 Å². The standard InChI is InChI=1S/C39H50FN13O5/c1-47-14-19-52(39(47)57)28-4-3-11-51(24-28)37-44-36(34(35(41)55)45-46-37)42-26-5-7-30(29(40)20-26)49-17-15-48(16-18-49)22-25-9-12-50(23-25)27-6-8-32(58-2)31(21-27)53-13-10-33(54)43-38(53)56/h5-8,20-21,25,28H,3-4,9-19,22-24H2,1-2H3,(H2,41,55)(H,42,44,46)(H,43,54,56). The molecular formula is C39H50FN13O5. The molecule has 5 fully saturated rings. The lowest BCUT2D eigenvalue weighted by Crippen LogP contribution is -2.49. The average Bonchev–Trinajstić information content (AvgIpc) is 3.83. The maximum absolute atomic E-state index is 15.7. The van der Waals surface area contributed by atoms with Crippen LogP contribution in [0.4, 0.5) is 48.5 Å². The predicted molar refractivity (Wildman–Crippen MR) is 215 cm³/mol. The zero-order valence-corrected chi connectivity index (χ0v) is 32.9. The van der Waals surface area contributed by atoms with E-state index >= 15 is 4.39 Å². The molecule has 6 amide bonds. The van der Waals surface area contributed by atoms with Gasteiger partial charge in [-0.05, 0) is 61.6 Å². The second kappa shape index (κ2) is 16.5. The topological polar surface area (TPSA) is 189 Å². The number of methoxy groups -OCH3 is 1. The highest BCUT2D eigenvalue weighted by molar-refractivity contribution is 6.06. The number of amides is 6. The van der Waals surface area contributed by atoms with E-state index in [9.17, 15) is 19.2 Å². The number of nitrogens with two attached hydrogens (primary N) is 1. The SMILES string of the molecule is COc1ccc(N2CCC(CN3CCN(c4ccc(Nc5nc(N6CCCC(N7CCN(C)C7=O)C6)nnc5C(N)=O)cc4F)CC3)C2)cc1N1CCC(=O)NC1=O. The normalized spacial score (nSPS) is 21.9. The number of halogens is 1. The van der Waals surface area contributed by atoms with Crippen LogP contribution in [0.1, 0.15) is 36.2 Å². The second-order valence-electron chi connectivity index (χ2n) is 15.6. The third kappa shape index (κ3) is 8.07. The summed E-state index contributed by atoms with van der Waals surface area (Å²) in [6.45, 7) is 8.46. The number of nitrogens with one attached hydrogen (secondary N) is 2.